The van der Waals surface area contributed by atoms with Crippen molar-refractivity contribution in [3.05, 3.63) is 62.5 Å². The van der Waals surface area contributed by atoms with Crippen LogP contribution >= 0.6 is 0 Å². The normalized spacial score (nSPS) is 25.1. The number of pyridine rings is 1. The first kappa shape index (κ1) is 24.9. The van der Waals surface area contributed by atoms with Gasteiger partial charge in [-0.3, -0.25) is 14.7 Å². The number of aliphatic imine (C=N–C) groups is 1. The van der Waals surface area contributed by atoms with Crippen LogP contribution in [0.4, 0.5) is 10.5 Å². The smallest absolute Gasteiger partial charge is 0.333 e. The van der Waals surface area contributed by atoms with Crippen molar-refractivity contribution >= 4 is 27.5 Å². The van der Waals surface area contributed by atoms with Crippen molar-refractivity contribution in [2.75, 3.05) is 25.0 Å². The second-order valence-corrected chi connectivity index (χ2v) is 12.3. The SMILES string of the molecule is N/C(=C1/CN2CCC(CC2)C1=NC1CC1)S(=O)(=O)NC(=O)Nc1c(-c2cc[nH]c(=O)c2)ccc2c1CCC2. The van der Waals surface area contributed by atoms with Gasteiger partial charge in [-0.2, -0.15) is 8.42 Å². The van der Waals surface area contributed by atoms with E-state index in [0.717, 1.165) is 74.9 Å². The highest BCUT2D eigenvalue weighted by Crippen LogP contribution is 2.37. The Bertz CT molecular complexity index is 1510. The van der Waals surface area contributed by atoms with E-state index in [4.69, 9.17) is 10.7 Å². The Morgan fingerprint density at radius 1 is 1.11 bits per heavy atom. The fourth-order valence-corrected chi connectivity index (χ4v) is 6.74. The lowest BCUT2D eigenvalue weighted by molar-refractivity contribution is 0.240. The van der Waals surface area contributed by atoms with Gasteiger partial charge in [0.2, 0.25) is 5.56 Å². The summed E-state index contributed by atoms with van der Waals surface area (Å²) in [4.78, 5) is 34.8. The van der Waals surface area contributed by atoms with Gasteiger partial charge in [-0.05, 0) is 80.8 Å². The van der Waals surface area contributed by atoms with Crippen LogP contribution in [0.5, 0.6) is 0 Å². The van der Waals surface area contributed by atoms with Crippen LogP contribution in [0.25, 0.3) is 11.1 Å². The third kappa shape index (κ3) is 4.88. The second kappa shape index (κ2) is 9.70. The molecule has 10 nitrogen and oxygen atoms in total. The monoisotopic (exact) mass is 536 g/mol. The van der Waals surface area contributed by atoms with E-state index >= 15 is 0 Å². The quantitative estimate of drug-likeness (QED) is 0.461. The highest BCUT2D eigenvalue weighted by atomic mass is 32.2. The van der Waals surface area contributed by atoms with E-state index in [-0.39, 0.29) is 22.5 Å². The number of piperidine rings is 1. The van der Waals surface area contributed by atoms with E-state index in [9.17, 15) is 18.0 Å². The van der Waals surface area contributed by atoms with Crippen LogP contribution in [-0.4, -0.2) is 55.7 Å². The Kier molecular flexibility index (Phi) is 6.35. The van der Waals surface area contributed by atoms with Crippen molar-refractivity contribution < 1.29 is 13.2 Å². The van der Waals surface area contributed by atoms with Gasteiger partial charge in [0.25, 0.3) is 10.0 Å². The molecule has 0 atom stereocenters. The summed E-state index contributed by atoms with van der Waals surface area (Å²) in [6.45, 7) is 2.17. The highest BCUT2D eigenvalue weighted by molar-refractivity contribution is 7.93. The zero-order chi connectivity index (χ0) is 26.4. The third-order valence-corrected chi connectivity index (χ3v) is 9.23. The molecule has 2 amide bonds. The summed E-state index contributed by atoms with van der Waals surface area (Å²) >= 11 is 0. The Labute approximate surface area is 221 Å². The number of carbonyl (C=O) groups is 1. The number of nitrogens with one attached hydrogen (secondary N) is 3. The van der Waals surface area contributed by atoms with E-state index in [1.165, 1.54) is 6.07 Å². The molecule has 2 bridgehead atoms. The second-order valence-electron chi connectivity index (χ2n) is 10.6. The Hall–Kier alpha value is -3.44. The third-order valence-electron chi connectivity index (χ3n) is 7.96. The summed E-state index contributed by atoms with van der Waals surface area (Å²) in [7, 11) is -4.33. The molecule has 5 aliphatic rings. The molecule has 5 N–H and O–H groups in total. The predicted molar refractivity (Wildman–Crippen MR) is 146 cm³/mol. The molecule has 2 aliphatic carbocycles. The molecule has 0 spiro atoms. The van der Waals surface area contributed by atoms with Crippen LogP contribution < -0.4 is 21.3 Å². The van der Waals surface area contributed by atoms with E-state index in [0.29, 0.717) is 28.9 Å². The fraction of sp³-hybridized carbons (Fsp3) is 0.444. The van der Waals surface area contributed by atoms with Crippen LogP contribution in [0, 0.1) is 5.92 Å². The number of fused-ring (bicyclic) bond motifs is 5. The number of aryl methyl sites for hydroxylation is 1. The number of hydrogen-bond donors (Lipinski definition) is 4. The minimum Gasteiger partial charge on any atom is -0.388 e. The summed E-state index contributed by atoms with van der Waals surface area (Å²) in [6, 6.07) is 6.40. The molecular formula is C27H32N6O4S. The number of benzene rings is 1. The zero-order valence-corrected chi connectivity index (χ0v) is 21.9. The number of sulfonamides is 1. The Balaban J connectivity index is 1.31. The van der Waals surface area contributed by atoms with Gasteiger partial charge in [0.1, 0.15) is 0 Å². The molecule has 1 aromatic carbocycles. The van der Waals surface area contributed by atoms with E-state index in [1.54, 1.807) is 12.3 Å². The van der Waals surface area contributed by atoms with Gasteiger partial charge in [0.15, 0.2) is 5.03 Å². The van der Waals surface area contributed by atoms with Gasteiger partial charge in [0.05, 0.1) is 11.7 Å². The van der Waals surface area contributed by atoms with Crippen molar-refractivity contribution in [2.45, 2.75) is 51.0 Å². The molecule has 4 fully saturated rings. The molecule has 4 heterocycles. The van der Waals surface area contributed by atoms with Gasteiger partial charge in [-0.15, -0.1) is 0 Å². The summed E-state index contributed by atoms with van der Waals surface area (Å²) in [6.07, 6.45) is 7.99. The van der Waals surface area contributed by atoms with E-state index in [1.807, 2.05) is 12.1 Å². The fourth-order valence-electron chi connectivity index (χ4n) is 5.84. The van der Waals surface area contributed by atoms with Crippen LogP contribution in [0.1, 0.15) is 43.2 Å². The lowest BCUT2D eigenvalue weighted by Crippen LogP contribution is -2.39. The summed E-state index contributed by atoms with van der Waals surface area (Å²) in [5.74, 6) is 0.190. The molecule has 200 valence electrons. The molecule has 0 unspecified atom stereocenters. The first-order valence-electron chi connectivity index (χ1n) is 13.3. The van der Waals surface area contributed by atoms with E-state index in [2.05, 4.69) is 19.9 Å². The van der Waals surface area contributed by atoms with Gasteiger partial charge in [-0.25, -0.2) is 9.52 Å². The molecule has 0 radical (unpaired) electrons. The van der Waals surface area contributed by atoms with Gasteiger partial charge in [-0.1, -0.05) is 12.1 Å². The number of urea groups is 1. The molecule has 1 aromatic heterocycles. The van der Waals surface area contributed by atoms with Crippen molar-refractivity contribution in [3.63, 3.8) is 0 Å². The Morgan fingerprint density at radius 2 is 1.89 bits per heavy atom. The average molecular weight is 537 g/mol. The number of hydrogen-bond acceptors (Lipinski definition) is 7. The number of anilines is 1. The van der Waals surface area contributed by atoms with Gasteiger partial charge < -0.3 is 16.0 Å². The minimum atomic E-state index is -4.33. The number of amides is 2. The number of aromatic amines is 1. The van der Waals surface area contributed by atoms with Gasteiger partial charge >= 0.3 is 6.03 Å². The van der Waals surface area contributed by atoms with Gasteiger partial charge in [0, 0.05) is 41.6 Å². The van der Waals surface area contributed by atoms with Crippen molar-refractivity contribution in [2.24, 2.45) is 16.6 Å². The summed E-state index contributed by atoms with van der Waals surface area (Å²) in [5.41, 5.74) is 11.2. The predicted octanol–water partition coefficient (Wildman–Crippen LogP) is 2.48. The number of aromatic nitrogens is 1. The van der Waals surface area contributed by atoms with Crippen LogP contribution in [0.2, 0.25) is 0 Å². The standard InChI is InChI=1S/C27H32N6O4S/c28-26(22-15-33-12-9-17(10-13-33)24(22)30-19-5-6-19)38(36,37)32-27(35)31-25-20-3-1-2-16(20)4-7-21(25)18-8-11-29-23(34)14-18/h4,7-8,11,14,17,19H,1-3,5-6,9-10,12-13,15,28H2,(H,29,34)(H2,31,32,35)/b26-22+,30-24?. The average Bonchev–Trinajstić information content (AvgIpc) is 3.65. The minimum absolute atomic E-state index is 0.190. The number of carbonyl (C=O) groups excluding carboxylic acids is 1. The molecule has 3 aliphatic heterocycles. The first-order valence-corrected chi connectivity index (χ1v) is 14.7. The van der Waals surface area contributed by atoms with Crippen LogP contribution in [-0.2, 0) is 22.9 Å². The number of nitrogens with two attached hydrogens (primary N) is 1. The zero-order valence-electron chi connectivity index (χ0n) is 21.1. The van der Waals surface area contributed by atoms with Crippen molar-refractivity contribution in [1.82, 2.24) is 14.6 Å². The first-order chi connectivity index (χ1) is 18.3. The maximum absolute atomic E-state index is 13.4. The summed E-state index contributed by atoms with van der Waals surface area (Å²) in [5, 5.41) is 2.44. The maximum atomic E-state index is 13.4. The molecule has 1 saturated carbocycles. The van der Waals surface area contributed by atoms with Crippen LogP contribution in [0.3, 0.4) is 0 Å². The molecule has 3 saturated heterocycles. The molecule has 2 aromatic rings. The Morgan fingerprint density at radius 3 is 2.63 bits per heavy atom. The number of nitrogens with zero attached hydrogens (tertiary/aromatic N) is 2. The maximum Gasteiger partial charge on any atom is 0.333 e. The number of rotatable bonds is 5. The van der Waals surface area contributed by atoms with Crippen molar-refractivity contribution in [1.29, 1.82) is 0 Å². The molecular weight excluding hydrogens is 504 g/mol. The lowest BCUT2D eigenvalue weighted by atomic mass is 9.91. The molecule has 38 heavy (non-hydrogen) atoms. The largest absolute Gasteiger partial charge is 0.388 e. The van der Waals surface area contributed by atoms with E-state index < -0.39 is 16.1 Å². The molecule has 11 heteroatoms. The highest BCUT2D eigenvalue weighted by Gasteiger charge is 2.37. The van der Waals surface area contributed by atoms with Crippen molar-refractivity contribution in [3.8, 4) is 11.1 Å². The topological polar surface area (TPSA) is 150 Å². The lowest BCUT2D eigenvalue weighted by Gasteiger charge is -2.25. The van der Waals surface area contributed by atoms with Crippen LogP contribution in [0.15, 0.2) is 50.9 Å². The number of H-pyrrole nitrogens is 1. The molecule has 7 rings (SSSR count). The summed E-state index contributed by atoms with van der Waals surface area (Å²) < 4.78 is 28.9.